The molecule has 5 aromatic rings. The zero-order chi connectivity index (χ0) is 21.9. The lowest BCUT2D eigenvalue weighted by Gasteiger charge is -2.09. The molecule has 7 nitrogen and oxygen atoms in total. The van der Waals surface area contributed by atoms with Gasteiger partial charge in [0.2, 0.25) is 0 Å². The highest BCUT2D eigenvalue weighted by atomic mass is 16.6. The number of ether oxygens (including phenoxy) is 1. The molecule has 0 spiro atoms. The molecule has 7 heteroatoms. The summed E-state index contributed by atoms with van der Waals surface area (Å²) in [5.41, 5.74) is 8.67. The molecule has 2 heterocycles. The maximum absolute atomic E-state index is 12.1. The molecular formula is C25H23N5O2. The van der Waals surface area contributed by atoms with E-state index in [1.165, 1.54) is 0 Å². The van der Waals surface area contributed by atoms with Gasteiger partial charge in [-0.2, -0.15) is 0 Å². The van der Waals surface area contributed by atoms with Crippen LogP contribution in [-0.2, 0) is 6.54 Å². The van der Waals surface area contributed by atoms with Crippen LogP contribution in [0.25, 0.3) is 32.7 Å². The molecular weight excluding hydrogens is 402 g/mol. The van der Waals surface area contributed by atoms with Crippen molar-refractivity contribution < 1.29 is 9.53 Å². The smallest absolute Gasteiger partial charge is 0.410 e. The first-order valence-electron chi connectivity index (χ1n) is 10.6. The van der Waals surface area contributed by atoms with Gasteiger partial charge < -0.3 is 20.4 Å². The van der Waals surface area contributed by atoms with Crippen LogP contribution in [0.5, 0.6) is 5.75 Å². The van der Waals surface area contributed by atoms with E-state index in [9.17, 15) is 4.79 Å². The summed E-state index contributed by atoms with van der Waals surface area (Å²) < 4.78 is 7.51. The van der Waals surface area contributed by atoms with E-state index in [-0.39, 0.29) is 0 Å². The van der Waals surface area contributed by atoms with Crippen molar-refractivity contribution in [2.75, 3.05) is 12.3 Å². The Balaban J connectivity index is 1.16. The Morgan fingerprint density at radius 1 is 1.00 bits per heavy atom. The minimum atomic E-state index is -0.446. The predicted octanol–water partition coefficient (Wildman–Crippen LogP) is 4.89. The Bertz CT molecular complexity index is 1430. The third-order valence-electron chi connectivity index (χ3n) is 5.51. The molecule has 0 aliphatic rings. The maximum atomic E-state index is 12.1. The summed E-state index contributed by atoms with van der Waals surface area (Å²) in [6, 6.07) is 21.5. The number of carbonyl (C=O) groups is 1. The Labute approximate surface area is 184 Å². The molecule has 0 fully saturated rings. The standard InChI is InChI=1S/C25H23N5O2/c26-24-22-23(20-9-3-4-10-21(20)29-24)30(16-28-22)14-6-5-13-27-25(31)32-19-12-11-17-7-1-2-8-18(17)15-19/h1-4,7-12,15-16H,5-6,13-14H2,(H2,26,29)(H,27,31). The molecule has 0 unspecified atom stereocenters. The van der Waals surface area contributed by atoms with Gasteiger partial charge in [0.25, 0.3) is 0 Å². The van der Waals surface area contributed by atoms with Gasteiger partial charge in [0.1, 0.15) is 11.3 Å². The van der Waals surface area contributed by atoms with E-state index in [1.807, 2.05) is 60.7 Å². The highest BCUT2D eigenvalue weighted by Gasteiger charge is 2.12. The van der Waals surface area contributed by atoms with Crippen LogP contribution in [0.1, 0.15) is 12.8 Å². The summed E-state index contributed by atoms with van der Waals surface area (Å²) in [4.78, 5) is 21.0. The molecule has 3 aromatic carbocycles. The highest BCUT2D eigenvalue weighted by molar-refractivity contribution is 6.06. The van der Waals surface area contributed by atoms with E-state index in [1.54, 1.807) is 12.4 Å². The lowest BCUT2D eigenvalue weighted by atomic mass is 10.1. The topological polar surface area (TPSA) is 95.1 Å². The third-order valence-corrected chi connectivity index (χ3v) is 5.51. The van der Waals surface area contributed by atoms with E-state index in [4.69, 9.17) is 10.5 Å². The Morgan fingerprint density at radius 2 is 1.81 bits per heavy atom. The fourth-order valence-corrected chi connectivity index (χ4v) is 3.95. The first-order chi connectivity index (χ1) is 15.7. The zero-order valence-electron chi connectivity index (χ0n) is 17.5. The number of aromatic nitrogens is 3. The minimum Gasteiger partial charge on any atom is -0.410 e. The molecule has 0 atom stereocenters. The number of imidazole rings is 1. The summed E-state index contributed by atoms with van der Waals surface area (Å²) in [6.45, 7) is 1.30. The Kier molecular flexibility index (Phi) is 5.29. The van der Waals surface area contributed by atoms with Crippen molar-refractivity contribution in [3.8, 4) is 5.75 Å². The van der Waals surface area contributed by atoms with Crippen LogP contribution >= 0.6 is 0 Å². The van der Waals surface area contributed by atoms with Gasteiger partial charge in [0.05, 0.1) is 17.4 Å². The summed E-state index contributed by atoms with van der Waals surface area (Å²) in [5.74, 6) is 0.972. The van der Waals surface area contributed by atoms with Crippen molar-refractivity contribution in [2.45, 2.75) is 19.4 Å². The number of rotatable bonds is 6. The van der Waals surface area contributed by atoms with Crippen LogP contribution in [0.2, 0.25) is 0 Å². The monoisotopic (exact) mass is 425 g/mol. The van der Waals surface area contributed by atoms with Gasteiger partial charge in [-0.25, -0.2) is 14.8 Å². The average Bonchev–Trinajstić information content (AvgIpc) is 3.24. The summed E-state index contributed by atoms with van der Waals surface area (Å²) >= 11 is 0. The lowest BCUT2D eigenvalue weighted by molar-refractivity contribution is 0.200. The number of nitrogen functional groups attached to an aromatic ring is 1. The minimum absolute atomic E-state index is 0.440. The zero-order valence-corrected chi connectivity index (χ0v) is 17.5. The number of fused-ring (bicyclic) bond motifs is 4. The van der Waals surface area contributed by atoms with Crippen molar-refractivity contribution in [3.05, 3.63) is 73.1 Å². The molecule has 5 rings (SSSR count). The van der Waals surface area contributed by atoms with Gasteiger partial charge in [-0.1, -0.05) is 48.5 Å². The number of para-hydroxylation sites is 1. The maximum Gasteiger partial charge on any atom is 0.412 e. The predicted molar refractivity (Wildman–Crippen MR) is 127 cm³/mol. The van der Waals surface area contributed by atoms with Crippen LogP contribution < -0.4 is 15.8 Å². The highest BCUT2D eigenvalue weighted by Crippen LogP contribution is 2.27. The number of aryl methyl sites for hydroxylation is 1. The Hall–Kier alpha value is -4.13. The van der Waals surface area contributed by atoms with Crippen LogP contribution in [-0.4, -0.2) is 27.2 Å². The van der Waals surface area contributed by atoms with Gasteiger partial charge in [-0.15, -0.1) is 0 Å². The first-order valence-corrected chi connectivity index (χ1v) is 10.6. The van der Waals surface area contributed by atoms with Gasteiger partial charge in [-0.3, -0.25) is 0 Å². The molecule has 0 saturated carbocycles. The second-order valence-corrected chi connectivity index (χ2v) is 7.68. The van der Waals surface area contributed by atoms with Crippen LogP contribution in [0, 0.1) is 0 Å². The molecule has 0 radical (unpaired) electrons. The second-order valence-electron chi connectivity index (χ2n) is 7.68. The number of anilines is 1. The van der Waals surface area contributed by atoms with Crippen molar-refractivity contribution in [1.82, 2.24) is 19.9 Å². The number of hydrogen-bond donors (Lipinski definition) is 2. The molecule has 2 aromatic heterocycles. The van der Waals surface area contributed by atoms with E-state index in [0.717, 1.165) is 52.1 Å². The molecule has 1 amide bonds. The molecule has 0 aliphatic carbocycles. The van der Waals surface area contributed by atoms with E-state index < -0.39 is 6.09 Å². The first kappa shape index (κ1) is 19.8. The fourth-order valence-electron chi connectivity index (χ4n) is 3.95. The van der Waals surface area contributed by atoms with Crippen molar-refractivity contribution in [1.29, 1.82) is 0 Å². The van der Waals surface area contributed by atoms with Crippen molar-refractivity contribution in [2.24, 2.45) is 0 Å². The van der Waals surface area contributed by atoms with E-state index in [0.29, 0.717) is 18.1 Å². The largest absolute Gasteiger partial charge is 0.412 e. The molecule has 160 valence electrons. The van der Waals surface area contributed by atoms with Gasteiger partial charge in [-0.05, 0) is 41.8 Å². The van der Waals surface area contributed by atoms with Gasteiger partial charge >= 0.3 is 6.09 Å². The van der Waals surface area contributed by atoms with Crippen LogP contribution in [0.15, 0.2) is 73.1 Å². The number of carbonyl (C=O) groups excluding carboxylic acids is 1. The van der Waals surface area contributed by atoms with E-state index in [2.05, 4.69) is 19.9 Å². The summed E-state index contributed by atoms with van der Waals surface area (Å²) in [6.07, 6.45) is 3.04. The number of nitrogens with one attached hydrogen (secondary N) is 1. The molecule has 0 aliphatic heterocycles. The van der Waals surface area contributed by atoms with Crippen molar-refractivity contribution >= 4 is 44.6 Å². The van der Waals surface area contributed by atoms with Crippen molar-refractivity contribution in [3.63, 3.8) is 0 Å². The molecule has 3 N–H and O–H groups in total. The van der Waals surface area contributed by atoms with Gasteiger partial charge in [0, 0.05) is 18.5 Å². The SMILES string of the molecule is Nc1nc2ccccc2c2c1ncn2CCCCNC(=O)Oc1ccc2ccccc2c1. The average molecular weight is 425 g/mol. The molecule has 0 saturated heterocycles. The van der Waals surface area contributed by atoms with Crippen LogP contribution in [0.3, 0.4) is 0 Å². The lowest BCUT2D eigenvalue weighted by Crippen LogP contribution is -2.27. The van der Waals surface area contributed by atoms with E-state index >= 15 is 0 Å². The second kappa shape index (κ2) is 8.55. The molecule has 0 bridgehead atoms. The number of hydrogen-bond acceptors (Lipinski definition) is 5. The summed E-state index contributed by atoms with van der Waals surface area (Å²) in [7, 11) is 0. The third kappa shape index (κ3) is 3.92. The number of nitrogens with two attached hydrogens (primary N) is 1. The number of pyridine rings is 1. The number of nitrogens with zero attached hydrogens (tertiary/aromatic N) is 3. The fraction of sp³-hybridized carbons (Fsp3) is 0.160. The molecule has 32 heavy (non-hydrogen) atoms. The summed E-state index contributed by atoms with van der Waals surface area (Å²) in [5, 5.41) is 6.00. The Morgan fingerprint density at radius 3 is 2.72 bits per heavy atom. The van der Waals surface area contributed by atoms with Gasteiger partial charge in [0.15, 0.2) is 5.82 Å². The number of amides is 1. The number of unbranched alkanes of at least 4 members (excludes halogenated alkanes) is 1. The quantitative estimate of drug-likeness (QED) is 0.378. The number of benzene rings is 3. The van der Waals surface area contributed by atoms with Crippen LogP contribution in [0.4, 0.5) is 10.6 Å². The normalized spacial score (nSPS) is 11.2.